The Kier molecular flexibility index (Phi) is 8.71. The average Bonchev–Trinajstić information content (AvgIpc) is 2.52. The summed E-state index contributed by atoms with van der Waals surface area (Å²) in [6.07, 6.45) is -0.513. The van der Waals surface area contributed by atoms with Gasteiger partial charge in [0.2, 0.25) is 6.54 Å². The van der Waals surface area contributed by atoms with Crippen LogP contribution in [0, 0.1) is 16.0 Å². The Bertz CT molecular complexity index is 627. The van der Waals surface area contributed by atoms with Gasteiger partial charge >= 0.3 is 12.1 Å². The molecule has 27 heavy (non-hydrogen) atoms. The monoisotopic (exact) mass is 380 g/mol. The Morgan fingerprint density at radius 1 is 1.22 bits per heavy atom. The first-order chi connectivity index (χ1) is 12.6. The molecule has 8 heteroatoms. The number of nitro groups is 1. The molecule has 150 valence electrons. The molecule has 1 rings (SSSR count). The Morgan fingerprint density at radius 3 is 2.37 bits per heavy atom. The molecule has 0 fully saturated rings. The number of nitrogens with zero attached hydrogens (tertiary/aromatic N) is 1. The number of alkyl carbamates (subject to hydrolysis) is 1. The van der Waals surface area contributed by atoms with Crippen LogP contribution in [0.1, 0.15) is 39.7 Å². The fraction of sp³-hybridized carbons (Fsp3) is 0.579. The van der Waals surface area contributed by atoms with E-state index in [1.807, 2.05) is 30.3 Å². The summed E-state index contributed by atoms with van der Waals surface area (Å²) in [6.45, 7) is 6.57. The standard InChI is InChI=1S/C19H28N2O6/c1-5-26-17(22)12-15(13-21(24)25)16(11-14-9-7-6-8-10-14)20-18(23)27-19(2,3)4/h6-10,15-16H,5,11-13H2,1-4H3,(H,20,23)/t15-,16-/m0/s1. The second-order valence-corrected chi connectivity index (χ2v) is 7.23. The lowest BCUT2D eigenvalue weighted by Gasteiger charge is -2.27. The lowest BCUT2D eigenvalue weighted by molar-refractivity contribution is -0.488. The Hall–Kier alpha value is -2.64. The molecule has 8 nitrogen and oxygen atoms in total. The number of hydrogen-bond donors (Lipinski definition) is 1. The average molecular weight is 380 g/mol. The van der Waals surface area contributed by atoms with Crippen LogP contribution in [0.3, 0.4) is 0 Å². The van der Waals surface area contributed by atoms with Gasteiger partial charge in [0, 0.05) is 11.0 Å². The molecule has 0 aliphatic rings. The van der Waals surface area contributed by atoms with Crippen LogP contribution in [0.2, 0.25) is 0 Å². The predicted molar refractivity (Wildman–Crippen MR) is 99.9 cm³/mol. The molecule has 0 heterocycles. The number of rotatable bonds is 9. The van der Waals surface area contributed by atoms with Gasteiger partial charge in [-0.3, -0.25) is 14.9 Å². The summed E-state index contributed by atoms with van der Waals surface area (Å²) in [7, 11) is 0. The zero-order valence-electron chi connectivity index (χ0n) is 16.3. The maximum Gasteiger partial charge on any atom is 0.407 e. The Balaban J connectivity index is 3.02. The van der Waals surface area contributed by atoms with Crippen LogP contribution in [0.25, 0.3) is 0 Å². The van der Waals surface area contributed by atoms with Gasteiger partial charge in [-0.25, -0.2) is 4.79 Å². The number of amides is 1. The molecule has 1 aromatic carbocycles. The van der Waals surface area contributed by atoms with Gasteiger partial charge in [-0.05, 0) is 39.7 Å². The van der Waals surface area contributed by atoms with E-state index in [4.69, 9.17) is 9.47 Å². The molecule has 0 bridgehead atoms. The van der Waals surface area contributed by atoms with Crippen LogP contribution in [-0.4, -0.2) is 41.8 Å². The summed E-state index contributed by atoms with van der Waals surface area (Å²) in [5, 5.41) is 13.8. The minimum Gasteiger partial charge on any atom is -0.466 e. The number of carbonyl (C=O) groups excluding carboxylic acids is 2. The van der Waals surface area contributed by atoms with E-state index in [1.165, 1.54) is 0 Å². The molecule has 1 N–H and O–H groups in total. The normalized spacial score (nSPS) is 13.3. The van der Waals surface area contributed by atoms with E-state index < -0.39 is 41.1 Å². The largest absolute Gasteiger partial charge is 0.466 e. The van der Waals surface area contributed by atoms with Crippen LogP contribution < -0.4 is 5.32 Å². The highest BCUT2D eigenvalue weighted by Gasteiger charge is 2.32. The van der Waals surface area contributed by atoms with Crippen molar-refractivity contribution in [3.63, 3.8) is 0 Å². The van der Waals surface area contributed by atoms with E-state index in [9.17, 15) is 19.7 Å². The molecular weight excluding hydrogens is 352 g/mol. The highest BCUT2D eigenvalue weighted by atomic mass is 16.6. The van der Waals surface area contributed by atoms with Crippen molar-refractivity contribution >= 4 is 12.1 Å². The van der Waals surface area contributed by atoms with E-state index in [-0.39, 0.29) is 13.0 Å². The van der Waals surface area contributed by atoms with E-state index in [1.54, 1.807) is 27.7 Å². The van der Waals surface area contributed by atoms with E-state index >= 15 is 0 Å². The summed E-state index contributed by atoms with van der Waals surface area (Å²) >= 11 is 0. The number of hydrogen-bond acceptors (Lipinski definition) is 6. The molecular formula is C19H28N2O6. The lowest BCUT2D eigenvalue weighted by Crippen LogP contribution is -2.46. The summed E-state index contributed by atoms with van der Waals surface area (Å²) in [4.78, 5) is 34.8. The molecule has 2 atom stereocenters. The maximum absolute atomic E-state index is 12.2. The molecule has 0 spiro atoms. The molecule has 0 saturated heterocycles. The number of esters is 1. The molecule has 0 aliphatic heterocycles. The first-order valence-electron chi connectivity index (χ1n) is 8.91. The first kappa shape index (κ1) is 22.4. The Labute approximate surface area is 159 Å². The second-order valence-electron chi connectivity index (χ2n) is 7.23. The summed E-state index contributed by atoms with van der Waals surface area (Å²) in [5.41, 5.74) is 0.178. The number of benzene rings is 1. The zero-order valence-corrected chi connectivity index (χ0v) is 16.3. The van der Waals surface area contributed by atoms with Crippen LogP contribution in [-0.2, 0) is 20.7 Å². The van der Waals surface area contributed by atoms with Gasteiger partial charge in [-0.2, -0.15) is 0 Å². The molecule has 0 aromatic heterocycles. The smallest absolute Gasteiger partial charge is 0.407 e. The van der Waals surface area contributed by atoms with Crippen molar-refractivity contribution in [3.8, 4) is 0 Å². The van der Waals surface area contributed by atoms with Crippen LogP contribution in [0.15, 0.2) is 30.3 Å². The lowest BCUT2D eigenvalue weighted by atomic mass is 9.90. The fourth-order valence-corrected chi connectivity index (χ4v) is 2.62. The minimum absolute atomic E-state index is 0.165. The zero-order chi connectivity index (χ0) is 20.4. The van der Waals surface area contributed by atoms with Gasteiger partial charge in [-0.1, -0.05) is 30.3 Å². The van der Waals surface area contributed by atoms with Crippen LogP contribution in [0.5, 0.6) is 0 Å². The highest BCUT2D eigenvalue weighted by molar-refractivity contribution is 5.71. The summed E-state index contributed by atoms with van der Waals surface area (Å²) in [5.74, 6) is -1.26. The molecule has 0 unspecified atom stereocenters. The Morgan fingerprint density at radius 2 is 1.85 bits per heavy atom. The predicted octanol–water partition coefficient (Wildman–Crippen LogP) is 2.97. The van der Waals surface area contributed by atoms with Gasteiger partial charge in [0.25, 0.3) is 0 Å². The van der Waals surface area contributed by atoms with E-state index in [2.05, 4.69) is 5.32 Å². The second kappa shape index (κ2) is 10.5. The van der Waals surface area contributed by atoms with Crippen molar-refractivity contribution < 1.29 is 24.0 Å². The molecule has 0 saturated carbocycles. The third kappa shape index (κ3) is 9.58. The molecule has 1 amide bonds. The number of carbonyl (C=O) groups is 2. The third-order valence-corrected chi connectivity index (χ3v) is 3.69. The fourth-order valence-electron chi connectivity index (χ4n) is 2.62. The van der Waals surface area contributed by atoms with Gasteiger partial charge in [0.05, 0.1) is 18.9 Å². The van der Waals surface area contributed by atoms with Crippen LogP contribution in [0.4, 0.5) is 4.79 Å². The van der Waals surface area contributed by atoms with Crippen molar-refractivity contribution in [2.24, 2.45) is 5.92 Å². The molecule has 0 aliphatic carbocycles. The van der Waals surface area contributed by atoms with Crippen LogP contribution >= 0.6 is 0 Å². The van der Waals surface area contributed by atoms with Gasteiger partial charge in [0.15, 0.2) is 0 Å². The van der Waals surface area contributed by atoms with Crippen molar-refractivity contribution in [1.29, 1.82) is 0 Å². The van der Waals surface area contributed by atoms with Crippen molar-refractivity contribution in [2.45, 2.75) is 52.2 Å². The number of nitrogens with one attached hydrogen (secondary N) is 1. The summed E-state index contributed by atoms with van der Waals surface area (Å²) < 4.78 is 10.2. The highest BCUT2D eigenvalue weighted by Crippen LogP contribution is 2.17. The maximum atomic E-state index is 12.2. The minimum atomic E-state index is -0.730. The third-order valence-electron chi connectivity index (χ3n) is 3.69. The SMILES string of the molecule is CCOC(=O)C[C@@H](C[N+](=O)[O-])[C@H](Cc1ccccc1)NC(=O)OC(C)(C)C. The molecule has 1 aromatic rings. The van der Waals surface area contributed by atoms with Gasteiger partial charge in [0.1, 0.15) is 5.60 Å². The number of ether oxygens (including phenoxy) is 2. The quantitative estimate of drug-likeness (QED) is 0.401. The van der Waals surface area contributed by atoms with Crippen molar-refractivity contribution in [1.82, 2.24) is 5.32 Å². The van der Waals surface area contributed by atoms with Gasteiger partial charge < -0.3 is 14.8 Å². The van der Waals surface area contributed by atoms with Crippen molar-refractivity contribution in [3.05, 3.63) is 46.0 Å². The van der Waals surface area contributed by atoms with E-state index in [0.29, 0.717) is 6.42 Å². The van der Waals surface area contributed by atoms with Crippen molar-refractivity contribution in [2.75, 3.05) is 13.2 Å². The van der Waals surface area contributed by atoms with E-state index in [0.717, 1.165) is 5.56 Å². The first-order valence-corrected chi connectivity index (χ1v) is 8.91. The molecule has 0 radical (unpaired) electrons. The van der Waals surface area contributed by atoms with Gasteiger partial charge in [-0.15, -0.1) is 0 Å². The topological polar surface area (TPSA) is 108 Å². The summed E-state index contributed by atoms with van der Waals surface area (Å²) in [6, 6.07) is 8.60.